The first-order valence-corrected chi connectivity index (χ1v) is 12.9. The van der Waals surface area contributed by atoms with Crippen LogP contribution in [0.15, 0.2) is 34.3 Å². The molecule has 0 atom stereocenters. The summed E-state index contributed by atoms with van der Waals surface area (Å²) in [6.07, 6.45) is 4.06. The number of aryl methyl sites for hydroxylation is 1. The molecule has 5 rings (SSSR count). The largest absolute Gasteiger partial charge is 0.381 e. The van der Waals surface area contributed by atoms with E-state index < -0.39 is 11.3 Å². The third-order valence-corrected chi connectivity index (χ3v) is 8.07. The zero-order chi connectivity index (χ0) is 23.8. The molecule has 0 aliphatic carbocycles. The van der Waals surface area contributed by atoms with Gasteiger partial charge in [-0.2, -0.15) is 0 Å². The van der Waals surface area contributed by atoms with Gasteiger partial charge in [0.1, 0.15) is 0 Å². The number of carbonyl (C=O) groups is 1. The molecule has 3 fully saturated rings. The number of likely N-dealkylation sites (tertiary alicyclic amines) is 2. The molecule has 0 unspecified atom stereocenters. The van der Waals surface area contributed by atoms with Crippen LogP contribution in [0.4, 0.5) is 4.39 Å². The highest BCUT2D eigenvalue weighted by Crippen LogP contribution is 2.36. The quantitative estimate of drug-likeness (QED) is 0.675. The second-order valence-electron chi connectivity index (χ2n) is 10.6. The third-order valence-electron chi connectivity index (χ3n) is 8.07. The Hall–Kier alpha value is -2.12. The molecule has 0 N–H and O–H groups in total. The number of aliphatic imine (C=N–C) groups is 2. The van der Waals surface area contributed by atoms with Gasteiger partial charge in [-0.05, 0) is 38.7 Å². The number of ether oxygens (including phenoxy) is 1. The van der Waals surface area contributed by atoms with Gasteiger partial charge < -0.3 is 14.5 Å². The molecule has 4 heterocycles. The van der Waals surface area contributed by atoms with E-state index in [0.29, 0.717) is 57.8 Å². The molecular weight excluding hydrogens is 431 g/mol. The van der Waals surface area contributed by atoms with E-state index >= 15 is 4.39 Å². The van der Waals surface area contributed by atoms with Crippen LogP contribution in [0.3, 0.4) is 0 Å². The second kappa shape index (κ2) is 9.50. The predicted molar refractivity (Wildman–Crippen MR) is 132 cm³/mol. The van der Waals surface area contributed by atoms with Gasteiger partial charge in [-0.3, -0.25) is 14.8 Å². The lowest BCUT2D eigenvalue weighted by Crippen LogP contribution is -2.55. The molecule has 4 aliphatic rings. The van der Waals surface area contributed by atoms with Crippen molar-refractivity contribution in [2.75, 3.05) is 45.9 Å². The monoisotopic (exact) mass is 468 g/mol. The number of carbonyl (C=O) groups excluding carboxylic acids is 1. The molecule has 1 aromatic carbocycles. The van der Waals surface area contributed by atoms with Crippen molar-refractivity contribution in [3.8, 4) is 0 Å². The summed E-state index contributed by atoms with van der Waals surface area (Å²) in [5.41, 5.74) is 1.94. The van der Waals surface area contributed by atoms with E-state index in [2.05, 4.69) is 30.0 Å². The molecule has 1 aromatic rings. The van der Waals surface area contributed by atoms with Gasteiger partial charge >= 0.3 is 0 Å². The normalized spacial score (nSPS) is 25.3. The lowest BCUT2D eigenvalue weighted by molar-refractivity contribution is -0.149. The fourth-order valence-electron chi connectivity index (χ4n) is 5.92. The summed E-state index contributed by atoms with van der Waals surface area (Å²) in [6.45, 7) is 9.09. The van der Waals surface area contributed by atoms with E-state index in [1.165, 1.54) is 5.56 Å². The van der Waals surface area contributed by atoms with Crippen LogP contribution in [0.2, 0.25) is 0 Å². The zero-order valence-electron chi connectivity index (χ0n) is 20.6. The zero-order valence-corrected chi connectivity index (χ0v) is 20.6. The fourth-order valence-corrected chi connectivity index (χ4v) is 5.92. The first-order chi connectivity index (χ1) is 16.4. The van der Waals surface area contributed by atoms with Crippen molar-refractivity contribution >= 4 is 17.3 Å². The molecule has 0 aromatic heterocycles. The van der Waals surface area contributed by atoms with Crippen molar-refractivity contribution in [3.63, 3.8) is 0 Å². The Balaban J connectivity index is 1.17. The van der Waals surface area contributed by atoms with E-state index in [9.17, 15) is 4.79 Å². The Kier molecular flexibility index (Phi) is 6.60. The molecule has 34 heavy (non-hydrogen) atoms. The standard InChI is InChI=1S/C27H37FN4O2/c1-20-4-3-5-23(18-20)24-21(2)29-27(30-24)10-14-32(15-11-27)25(33)26(28)8-12-31(13-9-26)19-22-6-16-34-17-7-22/h3-5,18,22H,6-17,19H2,1-2H3. The van der Waals surface area contributed by atoms with Crippen molar-refractivity contribution in [2.24, 2.45) is 15.9 Å². The summed E-state index contributed by atoms with van der Waals surface area (Å²) in [7, 11) is 0. The maximum atomic E-state index is 15.8. The minimum Gasteiger partial charge on any atom is -0.381 e. The third kappa shape index (κ3) is 4.82. The van der Waals surface area contributed by atoms with Gasteiger partial charge in [0, 0.05) is 77.2 Å². The maximum absolute atomic E-state index is 15.8. The highest BCUT2D eigenvalue weighted by atomic mass is 19.1. The maximum Gasteiger partial charge on any atom is 0.260 e. The first kappa shape index (κ1) is 23.6. The fraction of sp³-hybridized carbons (Fsp3) is 0.667. The number of hydrogen-bond donors (Lipinski definition) is 0. The molecule has 1 spiro atoms. The van der Waals surface area contributed by atoms with Crippen LogP contribution in [0.1, 0.15) is 56.6 Å². The van der Waals surface area contributed by atoms with Gasteiger partial charge in [0.15, 0.2) is 11.3 Å². The Morgan fingerprint density at radius 2 is 1.76 bits per heavy atom. The number of halogens is 1. The van der Waals surface area contributed by atoms with Gasteiger partial charge in [0.2, 0.25) is 0 Å². The molecule has 0 saturated carbocycles. The Morgan fingerprint density at radius 1 is 1.06 bits per heavy atom. The summed E-state index contributed by atoms with van der Waals surface area (Å²) in [4.78, 5) is 27.2. The number of nitrogens with zero attached hydrogens (tertiary/aromatic N) is 4. The minimum atomic E-state index is -1.73. The van der Waals surface area contributed by atoms with E-state index in [1.54, 1.807) is 4.90 Å². The number of hydrogen-bond acceptors (Lipinski definition) is 5. The van der Waals surface area contributed by atoms with Crippen molar-refractivity contribution in [2.45, 2.75) is 63.7 Å². The van der Waals surface area contributed by atoms with E-state index in [0.717, 1.165) is 49.6 Å². The summed E-state index contributed by atoms with van der Waals surface area (Å²) in [5, 5.41) is 0. The predicted octanol–water partition coefficient (Wildman–Crippen LogP) is 3.81. The average molecular weight is 469 g/mol. The molecule has 3 saturated heterocycles. The molecule has 184 valence electrons. The van der Waals surface area contributed by atoms with Crippen LogP contribution in [-0.2, 0) is 9.53 Å². The molecule has 0 radical (unpaired) electrons. The minimum absolute atomic E-state index is 0.295. The lowest BCUT2D eigenvalue weighted by atomic mass is 9.89. The molecule has 1 amide bonds. The summed E-state index contributed by atoms with van der Waals surface area (Å²) in [6, 6.07) is 8.33. The van der Waals surface area contributed by atoms with Crippen molar-refractivity contribution < 1.29 is 13.9 Å². The summed E-state index contributed by atoms with van der Waals surface area (Å²) >= 11 is 0. The molecule has 0 bridgehead atoms. The van der Waals surface area contributed by atoms with Gasteiger partial charge in [-0.1, -0.05) is 23.8 Å². The molecule has 7 heteroatoms. The van der Waals surface area contributed by atoms with E-state index in [1.807, 2.05) is 13.0 Å². The SMILES string of the molecule is CC1=NC2(CCN(C(=O)C3(F)CCN(CC4CCOCC4)CC3)CC2)N=C1c1cccc(C)c1. The number of benzene rings is 1. The van der Waals surface area contributed by atoms with Crippen LogP contribution in [-0.4, -0.2) is 84.4 Å². The van der Waals surface area contributed by atoms with Gasteiger partial charge in [0.25, 0.3) is 5.91 Å². The van der Waals surface area contributed by atoms with Gasteiger partial charge in [-0.15, -0.1) is 0 Å². The van der Waals surface area contributed by atoms with Crippen LogP contribution >= 0.6 is 0 Å². The smallest absolute Gasteiger partial charge is 0.260 e. The first-order valence-electron chi connectivity index (χ1n) is 12.9. The Labute approximate surface area is 202 Å². The number of piperidine rings is 2. The molecule has 6 nitrogen and oxygen atoms in total. The highest BCUT2D eigenvalue weighted by molar-refractivity contribution is 6.48. The van der Waals surface area contributed by atoms with Crippen LogP contribution in [0.25, 0.3) is 0 Å². The van der Waals surface area contributed by atoms with Crippen molar-refractivity contribution in [3.05, 3.63) is 35.4 Å². The molecule has 4 aliphatic heterocycles. The lowest BCUT2D eigenvalue weighted by Gasteiger charge is -2.42. The van der Waals surface area contributed by atoms with Crippen LogP contribution < -0.4 is 0 Å². The Morgan fingerprint density at radius 3 is 2.44 bits per heavy atom. The van der Waals surface area contributed by atoms with Gasteiger partial charge in [0.05, 0.1) is 11.4 Å². The number of rotatable bonds is 4. The highest BCUT2D eigenvalue weighted by Gasteiger charge is 2.47. The molecular formula is C27H37FN4O2. The van der Waals surface area contributed by atoms with E-state index in [-0.39, 0.29) is 5.91 Å². The summed E-state index contributed by atoms with van der Waals surface area (Å²) in [5.74, 6) is 0.310. The second-order valence-corrected chi connectivity index (χ2v) is 10.6. The average Bonchev–Trinajstić information content (AvgIpc) is 3.17. The van der Waals surface area contributed by atoms with Crippen molar-refractivity contribution in [1.29, 1.82) is 0 Å². The number of amides is 1. The van der Waals surface area contributed by atoms with E-state index in [4.69, 9.17) is 14.7 Å². The Bertz CT molecular complexity index is 969. The van der Waals surface area contributed by atoms with Crippen LogP contribution in [0.5, 0.6) is 0 Å². The van der Waals surface area contributed by atoms with Gasteiger partial charge in [-0.25, -0.2) is 4.39 Å². The van der Waals surface area contributed by atoms with Crippen molar-refractivity contribution in [1.82, 2.24) is 9.80 Å². The topological polar surface area (TPSA) is 57.5 Å². The number of alkyl halides is 1. The van der Waals surface area contributed by atoms with Crippen LogP contribution in [0, 0.1) is 12.8 Å². The summed E-state index contributed by atoms with van der Waals surface area (Å²) < 4.78 is 21.2.